The molecule has 0 spiro atoms. The lowest BCUT2D eigenvalue weighted by Gasteiger charge is -2.11. The van der Waals surface area contributed by atoms with Gasteiger partial charge in [0.05, 0.1) is 18.0 Å². The molecule has 1 aliphatic heterocycles. The van der Waals surface area contributed by atoms with E-state index in [0.717, 1.165) is 19.4 Å². The van der Waals surface area contributed by atoms with Crippen LogP contribution in [0.5, 0.6) is 0 Å². The average molecular weight is 236 g/mol. The van der Waals surface area contributed by atoms with Crippen LogP contribution in [0.1, 0.15) is 19.8 Å². The van der Waals surface area contributed by atoms with Crippen LogP contribution < -0.4 is 10.0 Å². The average Bonchev–Trinajstić information content (AvgIpc) is 2.59. The zero-order chi connectivity index (χ0) is 11.3. The summed E-state index contributed by atoms with van der Waals surface area (Å²) in [6.07, 6.45) is 2.75. The predicted octanol–water partition coefficient (Wildman–Crippen LogP) is -0.307. The molecule has 1 fully saturated rings. The van der Waals surface area contributed by atoms with E-state index in [1.54, 1.807) is 0 Å². The van der Waals surface area contributed by atoms with Crippen molar-refractivity contribution in [2.24, 2.45) is 0 Å². The third-order valence-electron chi connectivity index (χ3n) is 2.55. The van der Waals surface area contributed by atoms with E-state index in [1.165, 1.54) is 7.05 Å². The summed E-state index contributed by atoms with van der Waals surface area (Å²) >= 11 is 0. The Balaban J connectivity index is 2.07. The fourth-order valence-corrected chi connectivity index (χ4v) is 2.22. The normalized spacial score (nSPS) is 27.1. The van der Waals surface area contributed by atoms with Crippen LogP contribution in [0.2, 0.25) is 0 Å². The number of hydrogen-bond acceptors (Lipinski definition) is 4. The zero-order valence-corrected chi connectivity index (χ0v) is 10.1. The minimum Gasteiger partial charge on any atom is -0.374 e. The summed E-state index contributed by atoms with van der Waals surface area (Å²) in [6.45, 7) is 3.27. The van der Waals surface area contributed by atoms with E-state index in [9.17, 15) is 8.42 Å². The second kappa shape index (κ2) is 5.79. The van der Waals surface area contributed by atoms with Crippen LogP contribution >= 0.6 is 0 Å². The Bertz CT molecular complexity index is 279. The van der Waals surface area contributed by atoms with Crippen molar-refractivity contribution < 1.29 is 13.2 Å². The Morgan fingerprint density at radius 3 is 2.67 bits per heavy atom. The minimum atomic E-state index is -3.08. The molecule has 0 aliphatic carbocycles. The molecule has 1 saturated heterocycles. The summed E-state index contributed by atoms with van der Waals surface area (Å²) in [5, 5.41) is 3.09. The van der Waals surface area contributed by atoms with E-state index >= 15 is 0 Å². The van der Waals surface area contributed by atoms with Gasteiger partial charge in [0.25, 0.3) is 0 Å². The molecule has 1 heterocycles. The molecule has 1 rings (SSSR count). The molecule has 90 valence electrons. The number of ether oxygens (including phenoxy) is 1. The Kier molecular flexibility index (Phi) is 4.98. The summed E-state index contributed by atoms with van der Waals surface area (Å²) < 4.78 is 30.0. The van der Waals surface area contributed by atoms with Gasteiger partial charge in [0.15, 0.2) is 0 Å². The van der Waals surface area contributed by atoms with Crippen LogP contribution in [0.4, 0.5) is 0 Å². The molecule has 2 atom stereocenters. The number of hydrogen-bond donors (Lipinski definition) is 2. The summed E-state index contributed by atoms with van der Waals surface area (Å²) in [6, 6.07) is 0. The number of rotatable bonds is 6. The van der Waals surface area contributed by atoms with Gasteiger partial charge in [-0.05, 0) is 26.8 Å². The lowest BCUT2D eigenvalue weighted by atomic mass is 10.2. The van der Waals surface area contributed by atoms with Crippen molar-refractivity contribution in [1.82, 2.24) is 10.0 Å². The van der Waals surface area contributed by atoms with E-state index in [4.69, 9.17) is 4.74 Å². The molecule has 0 aromatic rings. The zero-order valence-electron chi connectivity index (χ0n) is 9.32. The molecule has 0 amide bonds. The first-order chi connectivity index (χ1) is 7.03. The second-order valence-corrected chi connectivity index (χ2v) is 5.92. The highest BCUT2D eigenvalue weighted by Gasteiger charge is 2.21. The largest absolute Gasteiger partial charge is 0.374 e. The first kappa shape index (κ1) is 12.9. The van der Waals surface area contributed by atoms with Crippen molar-refractivity contribution in [2.75, 3.05) is 25.9 Å². The molecular formula is C9H20N2O3S. The molecule has 1 aliphatic rings. The maximum Gasteiger partial charge on any atom is 0.212 e. The van der Waals surface area contributed by atoms with Gasteiger partial charge in [-0.15, -0.1) is 0 Å². The van der Waals surface area contributed by atoms with Crippen LogP contribution in [-0.2, 0) is 14.8 Å². The van der Waals surface area contributed by atoms with Crippen LogP contribution in [0.25, 0.3) is 0 Å². The maximum atomic E-state index is 11.1. The smallest absolute Gasteiger partial charge is 0.212 e. The molecule has 0 aromatic heterocycles. The first-order valence-corrected chi connectivity index (χ1v) is 6.96. The van der Waals surface area contributed by atoms with Gasteiger partial charge in [0.2, 0.25) is 10.0 Å². The van der Waals surface area contributed by atoms with Gasteiger partial charge in [-0.25, -0.2) is 13.1 Å². The maximum absolute atomic E-state index is 11.1. The Morgan fingerprint density at radius 1 is 1.40 bits per heavy atom. The van der Waals surface area contributed by atoms with Gasteiger partial charge in [-0.1, -0.05) is 0 Å². The summed E-state index contributed by atoms with van der Waals surface area (Å²) in [7, 11) is -1.65. The molecule has 0 saturated carbocycles. The fraction of sp³-hybridized carbons (Fsp3) is 1.00. The Morgan fingerprint density at radius 2 is 2.13 bits per heavy atom. The lowest BCUT2D eigenvalue weighted by molar-refractivity contribution is 0.0564. The topological polar surface area (TPSA) is 67.4 Å². The predicted molar refractivity (Wildman–Crippen MR) is 59.3 cm³/mol. The summed E-state index contributed by atoms with van der Waals surface area (Å²) in [5.41, 5.74) is 0. The molecule has 2 unspecified atom stereocenters. The molecule has 2 N–H and O–H groups in total. The van der Waals surface area contributed by atoms with Gasteiger partial charge >= 0.3 is 0 Å². The standard InChI is InChI=1S/C9H20N2O3S/c1-8-3-4-9(14-8)7-11-5-6-15(12,13)10-2/h8-11H,3-7H2,1-2H3. The molecule has 5 nitrogen and oxygen atoms in total. The van der Waals surface area contributed by atoms with Gasteiger partial charge < -0.3 is 10.1 Å². The van der Waals surface area contributed by atoms with Crippen LogP contribution in [0.3, 0.4) is 0 Å². The van der Waals surface area contributed by atoms with E-state index in [2.05, 4.69) is 17.0 Å². The molecule has 0 bridgehead atoms. The first-order valence-electron chi connectivity index (χ1n) is 5.31. The van der Waals surface area contributed by atoms with Crippen molar-refractivity contribution >= 4 is 10.0 Å². The van der Waals surface area contributed by atoms with E-state index in [-0.39, 0.29) is 11.9 Å². The summed E-state index contributed by atoms with van der Waals surface area (Å²) in [4.78, 5) is 0. The van der Waals surface area contributed by atoms with E-state index in [0.29, 0.717) is 12.6 Å². The highest BCUT2D eigenvalue weighted by atomic mass is 32.2. The third-order valence-corrected chi connectivity index (χ3v) is 3.91. The summed E-state index contributed by atoms with van der Waals surface area (Å²) in [5.74, 6) is 0.117. The number of sulfonamides is 1. The van der Waals surface area contributed by atoms with Gasteiger partial charge in [-0.3, -0.25) is 0 Å². The van der Waals surface area contributed by atoms with Gasteiger partial charge in [-0.2, -0.15) is 0 Å². The Labute approximate surface area is 91.6 Å². The van der Waals surface area contributed by atoms with E-state index in [1.807, 2.05) is 0 Å². The van der Waals surface area contributed by atoms with Crippen LogP contribution in [0.15, 0.2) is 0 Å². The molecule has 6 heteroatoms. The lowest BCUT2D eigenvalue weighted by Crippen LogP contribution is -2.33. The van der Waals surface area contributed by atoms with Crippen molar-refractivity contribution in [3.8, 4) is 0 Å². The van der Waals surface area contributed by atoms with Crippen molar-refractivity contribution in [3.05, 3.63) is 0 Å². The highest BCUT2D eigenvalue weighted by Crippen LogP contribution is 2.17. The second-order valence-electron chi connectivity index (χ2n) is 3.87. The quantitative estimate of drug-likeness (QED) is 0.621. The van der Waals surface area contributed by atoms with Gasteiger partial charge in [0, 0.05) is 13.1 Å². The number of nitrogens with one attached hydrogen (secondary N) is 2. The Hall–Kier alpha value is -0.170. The van der Waals surface area contributed by atoms with Crippen LogP contribution in [-0.4, -0.2) is 46.5 Å². The molecule has 15 heavy (non-hydrogen) atoms. The fourth-order valence-electron chi connectivity index (χ4n) is 1.61. The van der Waals surface area contributed by atoms with E-state index < -0.39 is 10.0 Å². The molecule has 0 radical (unpaired) electrons. The monoisotopic (exact) mass is 236 g/mol. The SMILES string of the molecule is CNS(=O)(=O)CCNCC1CCC(C)O1. The highest BCUT2D eigenvalue weighted by molar-refractivity contribution is 7.89. The van der Waals surface area contributed by atoms with Crippen molar-refractivity contribution in [3.63, 3.8) is 0 Å². The third kappa shape index (κ3) is 4.92. The van der Waals surface area contributed by atoms with Gasteiger partial charge in [0.1, 0.15) is 0 Å². The molecule has 0 aromatic carbocycles. The molecular weight excluding hydrogens is 216 g/mol. The van der Waals surface area contributed by atoms with Crippen LogP contribution in [0, 0.1) is 0 Å². The van der Waals surface area contributed by atoms with Crippen molar-refractivity contribution in [2.45, 2.75) is 32.0 Å². The van der Waals surface area contributed by atoms with Crippen molar-refractivity contribution in [1.29, 1.82) is 0 Å². The minimum absolute atomic E-state index is 0.117.